The fourth-order valence-corrected chi connectivity index (χ4v) is 6.36. The predicted molar refractivity (Wildman–Crippen MR) is 106 cm³/mol. The molecule has 4 rings (SSSR count). The van der Waals surface area contributed by atoms with Crippen LogP contribution in [0.3, 0.4) is 0 Å². The summed E-state index contributed by atoms with van der Waals surface area (Å²) in [4.78, 5) is 34.6. The van der Waals surface area contributed by atoms with Gasteiger partial charge >= 0.3 is 0 Å². The van der Waals surface area contributed by atoms with Crippen molar-refractivity contribution in [3.05, 3.63) is 63.7 Å². The fraction of sp³-hybridized carbons (Fsp3) is 0.300. The van der Waals surface area contributed by atoms with Gasteiger partial charge < -0.3 is 25.1 Å². The highest BCUT2D eigenvalue weighted by Crippen LogP contribution is 2.55. The van der Waals surface area contributed by atoms with Gasteiger partial charge in [0.05, 0.1) is 33.2 Å². The number of rotatable bonds is 5. The van der Waals surface area contributed by atoms with Gasteiger partial charge in [-0.1, -0.05) is 30.3 Å². The summed E-state index contributed by atoms with van der Waals surface area (Å²) in [5.41, 5.74) is 0.589. The Bertz CT molecular complexity index is 1050. The molecule has 1 aliphatic heterocycles. The number of nitrogens with zero attached hydrogens (tertiary/aromatic N) is 1. The second kappa shape index (κ2) is 7.81. The minimum absolute atomic E-state index is 0.0459. The van der Waals surface area contributed by atoms with Crippen LogP contribution in [0, 0.1) is 16.0 Å². The monoisotopic (exact) mass is 446 g/mol. The minimum atomic E-state index is -1.43. The molecule has 0 saturated heterocycles. The van der Waals surface area contributed by atoms with Gasteiger partial charge in [-0.25, -0.2) is 0 Å². The molecule has 0 amide bonds. The van der Waals surface area contributed by atoms with Gasteiger partial charge in [-0.05, 0) is 24.0 Å². The van der Waals surface area contributed by atoms with Crippen molar-refractivity contribution in [2.45, 2.75) is 33.9 Å². The molecule has 2 aromatic rings. The molecule has 5 atom stereocenters. The van der Waals surface area contributed by atoms with Crippen molar-refractivity contribution >= 4 is 46.7 Å². The van der Waals surface area contributed by atoms with Crippen molar-refractivity contribution < 1.29 is 24.7 Å². The number of nitro groups is 1. The number of para-hydroxylation sites is 2. The van der Waals surface area contributed by atoms with E-state index in [0.717, 1.165) is 0 Å². The number of nitrogens with one attached hydrogen (secondary N) is 1. The third-order valence-electron chi connectivity index (χ3n) is 5.66. The summed E-state index contributed by atoms with van der Waals surface area (Å²) in [6.07, 6.45) is 0.371. The van der Waals surface area contributed by atoms with Gasteiger partial charge in [0.25, 0.3) is 5.69 Å². The van der Waals surface area contributed by atoms with Crippen LogP contribution in [0.4, 0.5) is 11.4 Å². The zero-order chi connectivity index (χ0) is 21.6. The van der Waals surface area contributed by atoms with Gasteiger partial charge in [-0.15, -0.1) is 23.4 Å². The number of hydrogen-bond donors (Lipinski definition) is 1. The van der Waals surface area contributed by atoms with E-state index in [-0.39, 0.29) is 22.2 Å². The molecule has 30 heavy (non-hydrogen) atoms. The van der Waals surface area contributed by atoms with E-state index in [2.05, 4.69) is 5.32 Å². The molecular weight excluding hydrogens is 432 g/mol. The molecule has 156 valence electrons. The second-order valence-electron chi connectivity index (χ2n) is 7.25. The van der Waals surface area contributed by atoms with E-state index in [9.17, 15) is 29.9 Å². The van der Waals surface area contributed by atoms with Crippen LogP contribution in [0.1, 0.15) is 28.3 Å². The van der Waals surface area contributed by atoms with Crippen molar-refractivity contribution in [1.82, 2.24) is 0 Å². The van der Waals surface area contributed by atoms with E-state index < -0.39 is 40.1 Å². The standard InChI is InChI=1S/C20H17ClN2O6S/c21-16-14(30-13-7-2-1-6-12(13)23(28)29)8-11-15(16)9-4-3-5-10(19(24)25)17(9)22-18(11)20(26)27/h1-7,11,14-16,18,22H,8H2,(H,24,25)(H,26,27)/p-2/t11-,14-,15+,16-,18+/m1/s1. The van der Waals surface area contributed by atoms with E-state index in [1.807, 2.05) is 0 Å². The summed E-state index contributed by atoms with van der Waals surface area (Å²) in [6, 6.07) is 9.77. The lowest BCUT2D eigenvalue weighted by Crippen LogP contribution is -2.49. The fourth-order valence-electron chi connectivity index (χ4n) is 4.42. The van der Waals surface area contributed by atoms with E-state index in [4.69, 9.17) is 11.6 Å². The van der Waals surface area contributed by atoms with Crippen molar-refractivity contribution in [2.75, 3.05) is 5.32 Å². The first-order valence-corrected chi connectivity index (χ1v) is 10.5. The number of alkyl halides is 1. The lowest BCUT2D eigenvalue weighted by Gasteiger charge is -2.39. The quantitative estimate of drug-likeness (QED) is 0.413. The lowest BCUT2D eigenvalue weighted by atomic mass is 9.78. The van der Waals surface area contributed by atoms with Crippen LogP contribution in [-0.2, 0) is 4.79 Å². The van der Waals surface area contributed by atoms with Gasteiger partial charge in [-0.3, -0.25) is 10.1 Å². The third kappa shape index (κ3) is 3.37. The van der Waals surface area contributed by atoms with E-state index >= 15 is 0 Å². The summed E-state index contributed by atoms with van der Waals surface area (Å²) in [5.74, 6) is -3.69. The molecular formula is C20H15ClN2O6S-2. The summed E-state index contributed by atoms with van der Waals surface area (Å²) in [7, 11) is 0. The van der Waals surface area contributed by atoms with Crippen molar-refractivity contribution in [3.63, 3.8) is 0 Å². The molecule has 2 aliphatic rings. The van der Waals surface area contributed by atoms with Crippen molar-refractivity contribution in [3.8, 4) is 0 Å². The Hall–Kier alpha value is -2.78. The van der Waals surface area contributed by atoms with Gasteiger partial charge in [0.2, 0.25) is 0 Å². The minimum Gasteiger partial charge on any atom is -0.548 e. The summed E-state index contributed by atoms with van der Waals surface area (Å²) >= 11 is 8.00. The van der Waals surface area contributed by atoms with E-state index in [0.29, 0.717) is 16.9 Å². The van der Waals surface area contributed by atoms with Crippen LogP contribution in [0.2, 0.25) is 0 Å². The Morgan fingerprint density at radius 2 is 1.87 bits per heavy atom. The van der Waals surface area contributed by atoms with Crippen LogP contribution >= 0.6 is 23.4 Å². The number of aromatic carboxylic acids is 1. The molecule has 1 N–H and O–H groups in total. The Morgan fingerprint density at radius 3 is 2.53 bits per heavy atom. The number of carboxylic acid groups (broad SMARTS) is 2. The summed E-state index contributed by atoms with van der Waals surface area (Å²) < 4.78 is 0. The maximum Gasteiger partial charge on any atom is 0.282 e. The highest BCUT2D eigenvalue weighted by molar-refractivity contribution is 8.00. The first kappa shape index (κ1) is 20.5. The molecule has 1 fully saturated rings. The normalized spacial score (nSPS) is 26.9. The molecule has 1 saturated carbocycles. The number of aliphatic carboxylic acids is 1. The first-order chi connectivity index (χ1) is 14.3. The SMILES string of the molecule is O=C([O-])c1cccc2c1N[C@H](C(=O)[O-])[C@@H]1C[C@@H](Sc3ccccc3[N+](=O)[O-])[C@@H](Cl)[C@@H]21. The van der Waals surface area contributed by atoms with Gasteiger partial charge in [0.1, 0.15) is 0 Å². The van der Waals surface area contributed by atoms with Gasteiger partial charge in [0, 0.05) is 28.5 Å². The van der Waals surface area contributed by atoms with Crippen LogP contribution in [-0.4, -0.2) is 33.5 Å². The smallest absolute Gasteiger partial charge is 0.282 e. The zero-order valence-electron chi connectivity index (χ0n) is 15.3. The van der Waals surface area contributed by atoms with Crippen molar-refractivity contribution in [2.24, 2.45) is 5.92 Å². The number of nitro benzene ring substituents is 1. The highest BCUT2D eigenvalue weighted by atomic mass is 35.5. The number of carbonyl (C=O) groups excluding carboxylic acids is 2. The molecule has 0 radical (unpaired) electrons. The van der Waals surface area contributed by atoms with Crippen LogP contribution in [0.15, 0.2) is 47.4 Å². The molecule has 0 unspecified atom stereocenters. The number of anilines is 1. The van der Waals surface area contributed by atoms with Crippen LogP contribution in [0.25, 0.3) is 0 Å². The van der Waals surface area contributed by atoms with Gasteiger partial charge in [-0.2, -0.15) is 0 Å². The molecule has 1 aliphatic carbocycles. The number of halogens is 1. The average molecular weight is 447 g/mol. The number of thioether (sulfide) groups is 1. The highest BCUT2D eigenvalue weighted by Gasteiger charge is 2.50. The largest absolute Gasteiger partial charge is 0.548 e. The molecule has 1 heterocycles. The Morgan fingerprint density at radius 1 is 1.13 bits per heavy atom. The topological polar surface area (TPSA) is 135 Å². The number of carboxylic acids is 2. The number of fused-ring (bicyclic) bond motifs is 3. The molecule has 0 spiro atoms. The van der Waals surface area contributed by atoms with E-state index in [1.165, 1.54) is 23.9 Å². The summed E-state index contributed by atoms with van der Waals surface area (Å²) in [6.45, 7) is 0. The molecule has 0 bridgehead atoms. The van der Waals surface area contributed by atoms with Crippen LogP contribution in [0.5, 0.6) is 0 Å². The van der Waals surface area contributed by atoms with Crippen molar-refractivity contribution in [1.29, 1.82) is 0 Å². The predicted octanol–water partition coefficient (Wildman–Crippen LogP) is 1.37. The first-order valence-electron chi connectivity index (χ1n) is 9.15. The summed E-state index contributed by atoms with van der Waals surface area (Å²) in [5, 5.41) is 36.6. The number of benzene rings is 2. The Balaban J connectivity index is 1.73. The molecule has 10 heteroatoms. The second-order valence-corrected chi connectivity index (χ2v) is 9.03. The third-order valence-corrected chi connectivity index (χ3v) is 7.77. The Kier molecular flexibility index (Phi) is 5.33. The average Bonchev–Trinajstić information content (AvgIpc) is 3.03. The molecule has 8 nitrogen and oxygen atoms in total. The maximum atomic E-state index is 11.8. The number of hydrogen-bond acceptors (Lipinski definition) is 8. The lowest BCUT2D eigenvalue weighted by molar-refractivity contribution is -0.387. The Labute approximate surface area is 180 Å². The van der Waals surface area contributed by atoms with Crippen LogP contribution < -0.4 is 15.5 Å². The number of carbonyl (C=O) groups is 2. The van der Waals surface area contributed by atoms with E-state index in [1.54, 1.807) is 30.3 Å². The maximum absolute atomic E-state index is 11.8. The zero-order valence-corrected chi connectivity index (χ0v) is 16.9. The molecule has 0 aromatic heterocycles. The molecule has 2 aromatic carbocycles. The van der Waals surface area contributed by atoms with Gasteiger partial charge in [0.15, 0.2) is 0 Å².